The molecule has 0 bridgehead atoms. The van der Waals surface area contributed by atoms with Crippen LogP contribution in [-0.4, -0.2) is 24.5 Å². The molecule has 0 spiro atoms. The van der Waals surface area contributed by atoms with Crippen molar-refractivity contribution in [1.29, 1.82) is 0 Å². The van der Waals surface area contributed by atoms with Crippen LogP contribution in [0.15, 0.2) is 48.8 Å². The summed E-state index contributed by atoms with van der Waals surface area (Å²) in [5, 5.41) is 0.754. The van der Waals surface area contributed by atoms with Crippen molar-refractivity contribution in [2.45, 2.75) is 18.7 Å². The first-order chi connectivity index (χ1) is 11.9. The maximum atomic E-state index is 12.2. The van der Waals surface area contributed by atoms with Crippen LogP contribution >= 0.6 is 23.2 Å². The van der Waals surface area contributed by atoms with E-state index in [-0.39, 0.29) is 5.75 Å². The predicted molar refractivity (Wildman–Crippen MR) is 101 cm³/mol. The lowest BCUT2D eigenvalue weighted by Gasteiger charge is -2.08. The van der Waals surface area contributed by atoms with E-state index in [9.17, 15) is 8.42 Å². The first-order valence-corrected chi connectivity index (χ1v) is 10.2. The lowest BCUT2D eigenvalue weighted by molar-refractivity contribution is 0.571. The van der Waals surface area contributed by atoms with Crippen molar-refractivity contribution in [3.8, 4) is 0 Å². The van der Waals surface area contributed by atoms with E-state index in [0.29, 0.717) is 35.1 Å². The Morgan fingerprint density at radius 1 is 1.08 bits per heavy atom. The molecule has 0 unspecified atom stereocenters. The first kappa shape index (κ1) is 18.2. The number of benzene rings is 2. The summed E-state index contributed by atoms with van der Waals surface area (Å²) in [5.74, 6) is -0.127. The van der Waals surface area contributed by atoms with Gasteiger partial charge in [0, 0.05) is 13.1 Å². The molecule has 0 saturated carbocycles. The number of aryl methyl sites for hydroxylation is 1. The number of halogens is 2. The third-order valence-electron chi connectivity index (χ3n) is 3.77. The minimum atomic E-state index is -3.42. The maximum absolute atomic E-state index is 12.2. The van der Waals surface area contributed by atoms with Crippen LogP contribution in [0.1, 0.15) is 12.0 Å². The van der Waals surface area contributed by atoms with E-state index in [0.717, 1.165) is 11.0 Å². The standard InChI is InChI=1S/C17H17Cl2N3O2S/c18-14-7-6-13(10-15(14)19)11-25(23,24)21-8-3-9-22-12-20-16-4-1-2-5-17(16)22/h1-2,4-7,10,12,21H,3,8-9,11H2. The lowest BCUT2D eigenvalue weighted by atomic mass is 10.2. The second-order valence-electron chi connectivity index (χ2n) is 5.68. The molecular formula is C17H17Cl2N3O2S. The molecule has 2 aromatic carbocycles. The van der Waals surface area contributed by atoms with Crippen molar-refractivity contribution >= 4 is 44.3 Å². The van der Waals surface area contributed by atoms with E-state index in [1.54, 1.807) is 24.5 Å². The Bertz CT molecular complexity index is 986. The van der Waals surface area contributed by atoms with Gasteiger partial charge in [-0.3, -0.25) is 0 Å². The van der Waals surface area contributed by atoms with Crippen LogP contribution in [0, 0.1) is 0 Å². The monoisotopic (exact) mass is 397 g/mol. The van der Waals surface area contributed by atoms with Crippen molar-refractivity contribution < 1.29 is 8.42 Å². The average Bonchev–Trinajstić information content (AvgIpc) is 2.98. The normalized spacial score (nSPS) is 11.9. The lowest BCUT2D eigenvalue weighted by Crippen LogP contribution is -2.26. The molecule has 1 aromatic heterocycles. The summed E-state index contributed by atoms with van der Waals surface area (Å²) in [7, 11) is -3.42. The zero-order valence-electron chi connectivity index (χ0n) is 13.3. The first-order valence-electron chi connectivity index (χ1n) is 7.76. The smallest absolute Gasteiger partial charge is 0.215 e. The fraction of sp³-hybridized carbons (Fsp3) is 0.235. The molecule has 0 aliphatic rings. The van der Waals surface area contributed by atoms with Gasteiger partial charge in [-0.05, 0) is 36.2 Å². The summed E-state index contributed by atoms with van der Waals surface area (Å²) >= 11 is 11.8. The fourth-order valence-corrected chi connectivity index (χ4v) is 4.06. The van der Waals surface area contributed by atoms with E-state index in [1.807, 2.05) is 28.8 Å². The van der Waals surface area contributed by atoms with E-state index < -0.39 is 10.0 Å². The van der Waals surface area contributed by atoms with Gasteiger partial charge in [-0.2, -0.15) is 0 Å². The Morgan fingerprint density at radius 3 is 2.68 bits per heavy atom. The predicted octanol–water partition coefficient (Wildman–Crippen LogP) is 3.85. The van der Waals surface area contributed by atoms with Gasteiger partial charge in [0.1, 0.15) is 0 Å². The molecule has 25 heavy (non-hydrogen) atoms. The molecule has 3 rings (SSSR count). The Balaban J connectivity index is 1.53. The van der Waals surface area contributed by atoms with Crippen molar-refractivity contribution in [3.63, 3.8) is 0 Å². The van der Waals surface area contributed by atoms with Gasteiger partial charge < -0.3 is 4.57 Å². The van der Waals surface area contributed by atoms with Gasteiger partial charge in [0.05, 0.1) is 33.2 Å². The molecule has 3 aromatic rings. The average molecular weight is 398 g/mol. The van der Waals surface area contributed by atoms with Gasteiger partial charge in [-0.25, -0.2) is 18.1 Å². The zero-order valence-corrected chi connectivity index (χ0v) is 15.7. The van der Waals surface area contributed by atoms with Crippen molar-refractivity contribution in [2.75, 3.05) is 6.54 Å². The Hall–Kier alpha value is -1.60. The third-order valence-corrected chi connectivity index (χ3v) is 5.86. The number of para-hydroxylation sites is 2. The maximum Gasteiger partial charge on any atom is 0.215 e. The minimum absolute atomic E-state index is 0.127. The van der Waals surface area contributed by atoms with E-state index in [2.05, 4.69) is 9.71 Å². The summed E-state index contributed by atoms with van der Waals surface area (Å²) in [6.45, 7) is 1.05. The van der Waals surface area contributed by atoms with Gasteiger partial charge in [0.15, 0.2) is 0 Å². The van der Waals surface area contributed by atoms with Crippen LogP contribution in [0.3, 0.4) is 0 Å². The SMILES string of the molecule is O=S(=O)(Cc1ccc(Cl)c(Cl)c1)NCCCn1cnc2ccccc21. The molecule has 0 radical (unpaired) electrons. The molecule has 0 saturated heterocycles. The Labute approximate surface area is 156 Å². The number of fused-ring (bicyclic) bond motifs is 1. The molecule has 1 N–H and O–H groups in total. The molecule has 0 atom stereocenters. The number of aromatic nitrogens is 2. The van der Waals surface area contributed by atoms with Gasteiger partial charge in [0.2, 0.25) is 10.0 Å². The number of rotatable bonds is 7. The summed E-state index contributed by atoms with van der Waals surface area (Å²) in [6, 6.07) is 12.7. The summed E-state index contributed by atoms with van der Waals surface area (Å²) in [5.41, 5.74) is 2.58. The molecule has 0 aliphatic carbocycles. The van der Waals surface area contributed by atoms with Gasteiger partial charge >= 0.3 is 0 Å². The quantitative estimate of drug-likeness (QED) is 0.615. The van der Waals surface area contributed by atoms with Crippen LogP contribution < -0.4 is 4.72 Å². The number of nitrogens with zero attached hydrogens (tertiary/aromatic N) is 2. The van der Waals surface area contributed by atoms with E-state index in [1.165, 1.54) is 0 Å². The number of imidazole rings is 1. The molecule has 1 heterocycles. The summed E-state index contributed by atoms with van der Waals surface area (Å²) in [6.07, 6.45) is 2.44. The summed E-state index contributed by atoms with van der Waals surface area (Å²) < 4.78 is 29.0. The molecule has 0 amide bonds. The van der Waals surface area contributed by atoms with Crippen molar-refractivity contribution in [2.24, 2.45) is 0 Å². The second kappa shape index (κ2) is 7.74. The minimum Gasteiger partial charge on any atom is -0.331 e. The van der Waals surface area contributed by atoms with Crippen LogP contribution in [-0.2, 0) is 22.3 Å². The molecule has 0 aliphatic heterocycles. The second-order valence-corrected chi connectivity index (χ2v) is 8.30. The fourth-order valence-electron chi connectivity index (χ4n) is 2.57. The van der Waals surface area contributed by atoms with E-state index in [4.69, 9.17) is 23.2 Å². The third kappa shape index (κ3) is 4.73. The summed E-state index contributed by atoms with van der Waals surface area (Å²) in [4.78, 5) is 4.32. The van der Waals surface area contributed by atoms with Crippen LogP contribution in [0.4, 0.5) is 0 Å². The largest absolute Gasteiger partial charge is 0.331 e. The highest BCUT2D eigenvalue weighted by molar-refractivity contribution is 7.88. The van der Waals surface area contributed by atoms with E-state index >= 15 is 0 Å². The number of sulfonamides is 1. The van der Waals surface area contributed by atoms with Gasteiger partial charge in [-0.15, -0.1) is 0 Å². The molecular weight excluding hydrogens is 381 g/mol. The Kier molecular flexibility index (Phi) is 5.64. The van der Waals surface area contributed by atoms with Crippen LogP contribution in [0.25, 0.3) is 11.0 Å². The Morgan fingerprint density at radius 2 is 1.88 bits per heavy atom. The van der Waals surface area contributed by atoms with Crippen LogP contribution in [0.5, 0.6) is 0 Å². The van der Waals surface area contributed by atoms with Gasteiger partial charge in [0.25, 0.3) is 0 Å². The number of hydrogen-bond donors (Lipinski definition) is 1. The molecule has 0 fully saturated rings. The highest BCUT2D eigenvalue weighted by Crippen LogP contribution is 2.23. The molecule has 132 valence electrons. The zero-order chi connectivity index (χ0) is 17.9. The van der Waals surface area contributed by atoms with Crippen molar-refractivity contribution in [1.82, 2.24) is 14.3 Å². The van der Waals surface area contributed by atoms with Gasteiger partial charge in [-0.1, -0.05) is 41.4 Å². The number of hydrogen-bond acceptors (Lipinski definition) is 3. The van der Waals surface area contributed by atoms with Crippen molar-refractivity contribution in [3.05, 3.63) is 64.4 Å². The molecule has 5 nitrogen and oxygen atoms in total. The highest BCUT2D eigenvalue weighted by Gasteiger charge is 2.12. The van der Waals surface area contributed by atoms with Crippen LogP contribution in [0.2, 0.25) is 10.0 Å². The number of nitrogens with one attached hydrogen (secondary N) is 1. The topological polar surface area (TPSA) is 64.0 Å². The highest BCUT2D eigenvalue weighted by atomic mass is 35.5. The molecule has 8 heteroatoms.